The van der Waals surface area contributed by atoms with Gasteiger partial charge in [-0.2, -0.15) is 0 Å². The van der Waals surface area contributed by atoms with Crippen molar-refractivity contribution in [2.45, 2.75) is 26.2 Å². The van der Waals surface area contributed by atoms with Gasteiger partial charge in [0.25, 0.3) is 0 Å². The van der Waals surface area contributed by atoms with Crippen molar-refractivity contribution in [1.29, 1.82) is 0 Å². The molecule has 0 saturated carbocycles. The first-order valence-corrected chi connectivity index (χ1v) is 4.50. The molecule has 0 aliphatic heterocycles. The molecule has 1 aromatic carbocycles. The normalized spacial score (nSPS) is 11.1. The van der Waals surface area contributed by atoms with Crippen molar-refractivity contribution in [2.75, 3.05) is 5.32 Å². The van der Waals surface area contributed by atoms with E-state index < -0.39 is 6.09 Å². The van der Waals surface area contributed by atoms with E-state index in [0.717, 1.165) is 0 Å². The summed E-state index contributed by atoms with van der Waals surface area (Å²) in [6.07, 6.45) is -1.03. The van der Waals surface area contributed by atoms with Crippen LogP contribution in [0.25, 0.3) is 0 Å². The molecule has 0 bridgehead atoms. The zero-order valence-electron chi connectivity index (χ0n) is 8.66. The molecule has 0 aliphatic rings. The fourth-order valence-electron chi connectivity index (χ4n) is 1.18. The third-order valence-electron chi connectivity index (χ3n) is 2.00. The van der Waals surface area contributed by atoms with Gasteiger partial charge >= 0.3 is 6.09 Å². The maximum atomic E-state index is 10.3. The highest BCUT2D eigenvalue weighted by atomic mass is 16.4. The third-order valence-corrected chi connectivity index (χ3v) is 2.00. The van der Waals surface area contributed by atoms with Gasteiger partial charge < -0.3 is 5.11 Å². The van der Waals surface area contributed by atoms with Gasteiger partial charge in [0.1, 0.15) is 0 Å². The average Bonchev–Trinajstić information content (AvgIpc) is 2.02. The van der Waals surface area contributed by atoms with Gasteiger partial charge in [0, 0.05) is 5.69 Å². The van der Waals surface area contributed by atoms with E-state index in [4.69, 9.17) is 5.11 Å². The molecule has 2 N–H and O–H groups in total. The highest BCUT2D eigenvalue weighted by Gasteiger charge is 2.12. The van der Waals surface area contributed by atoms with Crippen LogP contribution in [-0.2, 0) is 5.41 Å². The van der Waals surface area contributed by atoms with Crippen LogP contribution in [0.1, 0.15) is 26.3 Å². The highest BCUT2D eigenvalue weighted by molar-refractivity contribution is 5.82. The van der Waals surface area contributed by atoms with Crippen LogP contribution >= 0.6 is 0 Å². The predicted octanol–water partition coefficient (Wildman–Crippen LogP) is 3.07. The fourth-order valence-corrected chi connectivity index (χ4v) is 1.18. The minimum absolute atomic E-state index is 0.0990. The molecule has 0 fully saturated rings. The van der Waals surface area contributed by atoms with Crippen LogP contribution in [0, 0.1) is 0 Å². The Labute approximate surface area is 83.8 Å². The summed E-state index contributed by atoms with van der Waals surface area (Å²) in [6, 6.07) is 7.42. The smallest absolute Gasteiger partial charge is 0.409 e. The quantitative estimate of drug-likeness (QED) is 0.720. The van der Waals surface area contributed by atoms with E-state index in [1.165, 1.54) is 5.56 Å². The first-order chi connectivity index (χ1) is 6.39. The van der Waals surface area contributed by atoms with Crippen molar-refractivity contribution in [3.63, 3.8) is 0 Å². The number of amides is 1. The SMILES string of the molecule is CC(C)(C)c1ccc(NC(=O)O)cc1. The summed E-state index contributed by atoms with van der Waals surface area (Å²) in [7, 11) is 0. The van der Waals surface area contributed by atoms with E-state index in [9.17, 15) is 4.79 Å². The van der Waals surface area contributed by atoms with Crippen molar-refractivity contribution in [3.8, 4) is 0 Å². The number of anilines is 1. The Balaban J connectivity index is 2.84. The van der Waals surface area contributed by atoms with Gasteiger partial charge in [0.15, 0.2) is 0 Å². The minimum atomic E-state index is -1.03. The molecular weight excluding hydrogens is 178 g/mol. The van der Waals surface area contributed by atoms with Gasteiger partial charge in [0.05, 0.1) is 0 Å². The topological polar surface area (TPSA) is 49.3 Å². The number of nitrogens with one attached hydrogen (secondary N) is 1. The average molecular weight is 193 g/mol. The molecule has 1 aromatic rings. The van der Waals surface area contributed by atoms with Gasteiger partial charge in [-0.1, -0.05) is 32.9 Å². The molecule has 0 saturated heterocycles. The van der Waals surface area contributed by atoms with E-state index in [0.29, 0.717) is 5.69 Å². The highest BCUT2D eigenvalue weighted by Crippen LogP contribution is 2.23. The second kappa shape index (κ2) is 3.70. The van der Waals surface area contributed by atoms with Crippen LogP contribution in [0.3, 0.4) is 0 Å². The first-order valence-electron chi connectivity index (χ1n) is 4.50. The summed E-state index contributed by atoms with van der Waals surface area (Å²) in [6.45, 7) is 6.35. The molecule has 0 radical (unpaired) electrons. The summed E-state index contributed by atoms with van der Waals surface area (Å²) in [5, 5.41) is 10.8. The summed E-state index contributed by atoms with van der Waals surface area (Å²) >= 11 is 0. The molecule has 3 heteroatoms. The van der Waals surface area contributed by atoms with E-state index >= 15 is 0 Å². The van der Waals surface area contributed by atoms with Crippen molar-refractivity contribution in [1.82, 2.24) is 0 Å². The zero-order valence-corrected chi connectivity index (χ0v) is 8.66. The molecule has 0 unspecified atom stereocenters. The number of carbonyl (C=O) groups is 1. The van der Waals surface area contributed by atoms with Crippen LogP contribution in [0.15, 0.2) is 24.3 Å². The standard InChI is InChI=1S/C11H15NO2/c1-11(2,3)8-4-6-9(7-5-8)12-10(13)14/h4-7,12H,1-3H3,(H,13,14). The first kappa shape index (κ1) is 10.6. The van der Waals surface area contributed by atoms with Crippen LogP contribution in [0.4, 0.5) is 10.5 Å². The predicted molar refractivity (Wildman–Crippen MR) is 56.8 cm³/mol. The van der Waals surface area contributed by atoms with Crippen LogP contribution in [0.5, 0.6) is 0 Å². The van der Waals surface area contributed by atoms with Crippen LogP contribution in [0.2, 0.25) is 0 Å². The lowest BCUT2D eigenvalue weighted by Gasteiger charge is -2.18. The van der Waals surface area contributed by atoms with E-state index in [1.54, 1.807) is 12.1 Å². The second-order valence-corrected chi connectivity index (χ2v) is 4.26. The van der Waals surface area contributed by atoms with Crippen molar-refractivity contribution < 1.29 is 9.90 Å². The van der Waals surface area contributed by atoms with Crippen molar-refractivity contribution >= 4 is 11.8 Å². The summed E-state index contributed by atoms with van der Waals surface area (Å²) < 4.78 is 0. The molecule has 0 atom stereocenters. The Morgan fingerprint density at radius 3 is 2.07 bits per heavy atom. The molecular formula is C11H15NO2. The molecule has 0 aromatic heterocycles. The van der Waals surface area contributed by atoms with Crippen LogP contribution < -0.4 is 5.32 Å². The lowest BCUT2D eigenvalue weighted by Crippen LogP contribution is -2.11. The van der Waals surface area contributed by atoms with Crippen molar-refractivity contribution in [2.24, 2.45) is 0 Å². The summed E-state index contributed by atoms with van der Waals surface area (Å²) in [4.78, 5) is 10.3. The molecule has 76 valence electrons. The third kappa shape index (κ3) is 2.76. The molecule has 3 nitrogen and oxygen atoms in total. The molecule has 1 rings (SSSR count). The Morgan fingerprint density at radius 1 is 1.21 bits per heavy atom. The van der Waals surface area contributed by atoms with E-state index in [-0.39, 0.29) is 5.41 Å². The van der Waals surface area contributed by atoms with Gasteiger partial charge in [-0.05, 0) is 23.1 Å². The van der Waals surface area contributed by atoms with E-state index in [1.807, 2.05) is 12.1 Å². The summed E-state index contributed by atoms with van der Waals surface area (Å²) in [5.74, 6) is 0. The lowest BCUT2D eigenvalue weighted by molar-refractivity contribution is 0.210. The maximum absolute atomic E-state index is 10.3. The maximum Gasteiger partial charge on any atom is 0.409 e. The Kier molecular flexibility index (Phi) is 2.79. The number of carboxylic acid groups (broad SMARTS) is 1. The molecule has 0 aliphatic carbocycles. The molecule has 0 spiro atoms. The second-order valence-electron chi connectivity index (χ2n) is 4.26. The zero-order chi connectivity index (χ0) is 10.8. The molecule has 1 amide bonds. The minimum Gasteiger partial charge on any atom is -0.465 e. The molecule has 14 heavy (non-hydrogen) atoms. The fraction of sp³-hybridized carbons (Fsp3) is 0.364. The molecule has 0 heterocycles. The Hall–Kier alpha value is -1.51. The Bertz CT molecular complexity index is 322. The largest absolute Gasteiger partial charge is 0.465 e. The number of hydrogen-bond donors (Lipinski definition) is 2. The Morgan fingerprint density at radius 2 is 1.71 bits per heavy atom. The van der Waals surface area contributed by atoms with E-state index in [2.05, 4.69) is 26.1 Å². The van der Waals surface area contributed by atoms with Crippen LogP contribution in [-0.4, -0.2) is 11.2 Å². The van der Waals surface area contributed by atoms with Gasteiger partial charge in [0.2, 0.25) is 0 Å². The van der Waals surface area contributed by atoms with Crippen molar-refractivity contribution in [3.05, 3.63) is 29.8 Å². The number of hydrogen-bond acceptors (Lipinski definition) is 1. The monoisotopic (exact) mass is 193 g/mol. The lowest BCUT2D eigenvalue weighted by atomic mass is 9.87. The number of rotatable bonds is 1. The summed E-state index contributed by atoms with van der Waals surface area (Å²) in [5.41, 5.74) is 1.89. The van der Waals surface area contributed by atoms with Gasteiger partial charge in [-0.3, -0.25) is 5.32 Å². The van der Waals surface area contributed by atoms with Gasteiger partial charge in [-0.25, -0.2) is 4.79 Å². The van der Waals surface area contributed by atoms with Gasteiger partial charge in [-0.15, -0.1) is 0 Å². The number of benzene rings is 1.